The molecule has 0 amide bonds. The quantitative estimate of drug-likeness (QED) is 0.423. The molecule has 0 aliphatic heterocycles. The summed E-state index contributed by atoms with van der Waals surface area (Å²) in [5.41, 5.74) is 8.51. The minimum absolute atomic E-state index is 0.0386. The number of hydrogen-bond acceptors (Lipinski definition) is 6. The number of nitrogens with two attached hydrogens (primary N) is 1. The van der Waals surface area contributed by atoms with Gasteiger partial charge in [0.25, 0.3) is 0 Å². The number of carbonyl (C=O) groups is 1. The molecule has 0 spiro atoms. The number of carboxylic acid groups (broad SMARTS) is 1. The van der Waals surface area contributed by atoms with Gasteiger partial charge in [-0.3, -0.25) is 0 Å². The molecule has 0 unspecified atom stereocenters. The first-order chi connectivity index (χ1) is 13.1. The summed E-state index contributed by atoms with van der Waals surface area (Å²) in [6.07, 6.45) is 0. The molecule has 0 saturated carbocycles. The van der Waals surface area contributed by atoms with Gasteiger partial charge in [0.2, 0.25) is 0 Å². The molecule has 0 atom stereocenters. The highest BCUT2D eigenvalue weighted by molar-refractivity contribution is 5.97. The van der Waals surface area contributed by atoms with Crippen molar-refractivity contribution < 1.29 is 9.90 Å². The van der Waals surface area contributed by atoms with E-state index in [1.165, 1.54) is 6.07 Å². The van der Waals surface area contributed by atoms with Gasteiger partial charge in [-0.25, -0.2) is 4.79 Å². The van der Waals surface area contributed by atoms with Crippen LogP contribution in [0.5, 0.6) is 0 Å². The topological polar surface area (TPSA) is 113 Å². The molecule has 7 heteroatoms. The summed E-state index contributed by atoms with van der Waals surface area (Å²) in [7, 11) is 0. The predicted molar refractivity (Wildman–Crippen MR) is 104 cm³/mol. The maximum Gasteiger partial charge on any atom is 0.338 e. The first-order valence-electron chi connectivity index (χ1n) is 8.16. The maximum atomic E-state index is 11.6. The van der Waals surface area contributed by atoms with E-state index in [0.29, 0.717) is 22.6 Å². The van der Waals surface area contributed by atoms with Crippen molar-refractivity contribution in [3.05, 3.63) is 77.9 Å². The van der Waals surface area contributed by atoms with Crippen molar-refractivity contribution in [1.29, 1.82) is 0 Å². The van der Waals surface area contributed by atoms with Crippen molar-refractivity contribution in [2.45, 2.75) is 6.92 Å². The molecule has 0 radical (unpaired) electrons. The van der Waals surface area contributed by atoms with Crippen LogP contribution in [0.1, 0.15) is 15.9 Å². The molecule has 0 aliphatic rings. The first kappa shape index (κ1) is 17.9. The maximum absolute atomic E-state index is 11.6. The highest BCUT2D eigenvalue weighted by atomic mass is 16.4. The second-order valence-corrected chi connectivity index (χ2v) is 5.71. The van der Waals surface area contributed by atoms with Gasteiger partial charge in [0.05, 0.1) is 22.6 Å². The number of nitrogen functional groups attached to an aromatic ring is 1. The number of aromatic carboxylic acids is 1. The summed E-state index contributed by atoms with van der Waals surface area (Å²) >= 11 is 0. The van der Waals surface area contributed by atoms with Crippen LogP contribution in [0.15, 0.2) is 87.2 Å². The minimum Gasteiger partial charge on any atom is -0.478 e. The molecule has 27 heavy (non-hydrogen) atoms. The Bertz CT molecular complexity index is 1020. The Kier molecular flexibility index (Phi) is 5.32. The molecule has 0 aliphatic carbocycles. The molecule has 0 saturated heterocycles. The SMILES string of the molecule is Cc1c(N=Nc2ccccc2)c(N)cc(C(=O)O)c1N=Nc1ccccc1. The molecule has 0 fully saturated rings. The van der Waals surface area contributed by atoms with Crippen molar-refractivity contribution in [2.24, 2.45) is 20.5 Å². The van der Waals surface area contributed by atoms with E-state index in [1.807, 2.05) is 36.4 Å². The fraction of sp³-hybridized carbons (Fsp3) is 0.0500. The Morgan fingerprint density at radius 2 is 1.30 bits per heavy atom. The van der Waals surface area contributed by atoms with Gasteiger partial charge in [-0.05, 0) is 37.3 Å². The van der Waals surface area contributed by atoms with Gasteiger partial charge in [0, 0.05) is 5.56 Å². The van der Waals surface area contributed by atoms with E-state index in [-0.39, 0.29) is 16.9 Å². The third kappa shape index (κ3) is 4.21. The van der Waals surface area contributed by atoms with Crippen molar-refractivity contribution in [3.63, 3.8) is 0 Å². The summed E-state index contributed by atoms with van der Waals surface area (Å²) in [6.45, 7) is 1.70. The van der Waals surface area contributed by atoms with Crippen molar-refractivity contribution in [3.8, 4) is 0 Å². The van der Waals surface area contributed by atoms with Gasteiger partial charge in [0.15, 0.2) is 0 Å². The Labute approximate surface area is 155 Å². The summed E-state index contributed by atoms with van der Waals surface area (Å²) in [4.78, 5) is 11.6. The fourth-order valence-electron chi connectivity index (χ4n) is 2.45. The smallest absolute Gasteiger partial charge is 0.338 e. The van der Waals surface area contributed by atoms with Gasteiger partial charge in [-0.15, -0.1) is 10.2 Å². The fourth-order valence-corrected chi connectivity index (χ4v) is 2.45. The van der Waals surface area contributed by atoms with Gasteiger partial charge in [0.1, 0.15) is 11.4 Å². The van der Waals surface area contributed by atoms with Crippen molar-refractivity contribution in [2.75, 3.05) is 5.73 Å². The molecular weight excluding hydrogens is 342 g/mol. The Hall–Kier alpha value is -3.87. The van der Waals surface area contributed by atoms with E-state index < -0.39 is 5.97 Å². The highest BCUT2D eigenvalue weighted by Crippen LogP contribution is 2.38. The number of hydrogen-bond donors (Lipinski definition) is 2. The van der Waals surface area contributed by atoms with Crippen LogP contribution in [0, 0.1) is 6.92 Å². The molecule has 3 N–H and O–H groups in total. The van der Waals surface area contributed by atoms with Crippen LogP contribution >= 0.6 is 0 Å². The van der Waals surface area contributed by atoms with Crippen LogP contribution < -0.4 is 5.73 Å². The second kappa shape index (κ2) is 8.01. The Morgan fingerprint density at radius 3 is 1.78 bits per heavy atom. The van der Waals surface area contributed by atoms with Gasteiger partial charge in [-0.2, -0.15) is 10.2 Å². The number of benzene rings is 3. The number of anilines is 1. The largest absolute Gasteiger partial charge is 0.478 e. The van der Waals surface area contributed by atoms with E-state index >= 15 is 0 Å². The van der Waals surface area contributed by atoms with Gasteiger partial charge >= 0.3 is 5.97 Å². The second-order valence-electron chi connectivity index (χ2n) is 5.71. The lowest BCUT2D eigenvalue weighted by atomic mass is 10.0. The molecule has 0 heterocycles. The lowest BCUT2D eigenvalue weighted by molar-refractivity contribution is 0.0697. The van der Waals surface area contributed by atoms with E-state index in [1.54, 1.807) is 31.2 Å². The molecule has 7 nitrogen and oxygen atoms in total. The van der Waals surface area contributed by atoms with E-state index in [2.05, 4.69) is 20.5 Å². The number of nitrogens with zero attached hydrogens (tertiary/aromatic N) is 4. The van der Waals surface area contributed by atoms with Crippen molar-refractivity contribution in [1.82, 2.24) is 0 Å². The average Bonchev–Trinajstić information content (AvgIpc) is 2.68. The van der Waals surface area contributed by atoms with E-state index in [0.717, 1.165) is 0 Å². The summed E-state index contributed by atoms with van der Waals surface area (Å²) in [5, 5.41) is 26.1. The van der Waals surface area contributed by atoms with Crippen LogP contribution in [-0.2, 0) is 0 Å². The summed E-state index contributed by atoms with van der Waals surface area (Å²) in [6, 6.07) is 19.5. The number of carboxylic acids is 1. The molecule has 0 bridgehead atoms. The van der Waals surface area contributed by atoms with Crippen molar-refractivity contribution >= 4 is 34.4 Å². The molecule has 3 rings (SSSR count). The third-order valence-corrected chi connectivity index (χ3v) is 3.81. The first-order valence-corrected chi connectivity index (χ1v) is 8.16. The number of azo groups is 2. The zero-order chi connectivity index (χ0) is 19.2. The standard InChI is InChI=1S/C20H17N5O2/c1-13-18(24-22-14-8-4-2-5-9-14)16(20(26)27)12-17(21)19(13)25-23-15-10-6-3-7-11-15/h2-12H,21H2,1H3,(H,26,27). The molecular formula is C20H17N5O2. The lowest BCUT2D eigenvalue weighted by Gasteiger charge is -2.10. The van der Waals surface area contributed by atoms with Crippen LogP contribution in [0.4, 0.5) is 28.4 Å². The minimum atomic E-state index is -1.14. The number of rotatable bonds is 5. The average molecular weight is 359 g/mol. The third-order valence-electron chi connectivity index (χ3n) is 3.81. The van der Waals surface area contributed by atoms with Gasteiger partial charge < -0.3 is 10.8 Å². The van der Waals surface area contributed by atoms with Crippen LogP contribution in [-0.4, -0.2) is 11.1 Å². The summed E-state index contributed by atoms with van der Waals surface area (Å²) < 4.78 is 0. The van der Waals surface area contributed by atoms with Crippen LogP contribution in [0.2, 0.25) is 0 Å². The monoisotopic (exact) mass is 359 g/mol. The molecule has 0 aromatic heterocycles. The predicted octanol–water partition coefficient (Wildman–Crippen LogP) is 6.11. The zero-order valence-corrected chi connectivity index (χ0v) is 14.6. The van der Waals surface area contributed by atoms with E-state index in [9.17, 15) is 9.90 Å². The zero-order valence-electron chi connectivity index (χ0n) is 14.6. The molecule has 3 aromatic rings. The van der Waals surface area contributed by atoms with E-state index in [4.69, 9.17) is 5.73 Å². The normalized spacial score (nSPS) is 11.3. The Morgan fingerprint density at radius 1 is 0.815 bits per heavy atom. The lowest BCUT2D eigenvalue weighted by Crippen LogP contribution is -2.01. The summed E-state index contributed by atoms with van der Waals surface area (Å²) in [5.74, 6) is -1.14. The van der Waals surface area contributed by atoms with Crippen LogP contribution in [0.3, 0.4) is 0 Å². The van der Waals surface area contributed by atoms with Gasteiger partial charge in [-0.1, -0.05) is 36.4 Å². The molecule has 134 valence electrons. The molecule has 3 aromatic carbocycles. The highest BCUT2D eigenvalue weighted by Gasteiger charge is 2.18. The Balaban J connectivity index is 2.06. The van der Waals surface area contributed by atoms with Crippen LogP contribution in [0.25, 0.3) is 0 Å².